The highest BCUT2D eigenvalue weighted by Crippen LogP contribution is 2.08. The molecule has 0 N–H and O–H groups in total. The Labute approximate surface area is 87.0 Å². The lowest BCUT2D eigenvalue weighted by Crippen LogP contribution is -2.31. The minimum atomic E-state index is 0.719. The number of aromatic nitrogens is 3. The largest absolute Gasteiger partial charge is 0.293 e. The fourth-order valence-corrected chi connectivity index (χ4v) is 1.54. The number of benzene rings is 1. The SMILES string of the molecule is c1cc[n+](-c2nc3ccccc3[n-]2)cc1. The molecular weight excluding hydrogens is 186 g/mol. The van der Waals surface area contributed by atoms with Crippen LogP contribution in [0.15, 0.2) is 54.9 Å². The molecule has 72 valence electrons. The summed E-state index contributed by atoms with van der Waals surface area (Å²) < 4.78 is 1.90. The highest BCUT2D eigenvalue weighted by atomic mass is 15.1. The molecule has 3 rings (SSSR count). The molecular formula is C12H9N3. The van der Waals surface area contributed by atoms with Gasteiger partial charge in [0.25, 0.3) is 0 Å². The van der Waals surface area contributed by atoms with E-state index < -0.39 is 0 Å². The standard InChI is InChI=1S/C12H9N3/c1-4-8-15(9-5-1)12-13-10-6-2-3-7-11(10)14-12/h1-9H. The number of nitrogens with zero attached hydrogens (tertiary/aromatic N) is 3. The van der Waals surface area contributed by atoms with Gasteiger partial charge in [-0.2, -0.15) is 0 Å². The molecule has 3 heteroatoms. The van der Waals surface area contributed by atoms with Crippen LogP contribution in [0.1, 0.15) is 0 Å². The van der Waals surface area contributed by atoms with Gasteiger partial charge in [0.1, 0.15) is 0 Å². The van der Waals surface area contributed by atoms with Gasteiger partial charge in [-0.1, -0.05) is 18.2 Å². The van der Waals surface area contributed by atoms with Crippen LogP contribution in [0.3, 0.4) is 0 Å². The molecule has 0 bridgehead atoms. The lowest BCUT2D eigenvalue weighted by atomic mass is 10.3. The van der Waals surface area contributed by atoms with E-state index in [0.717, 1.165) is 17.0 Å². The third-order valence-corrected chi connectivity index (χ3v) is 2.27. The number of imidazole rings is 1. The van der Waals surface area contributed by atoms with Crippen molar-refractivity contribution in [2.75, 3.05) is 0 Å². The Morgan fingerprint density at radius 1 is 0.933 bits per heavy atom. The van der Waals surface area contributed by atoms with E-state index in [1.165, 1.54) is 0 Å². The first-order valence-corrected chi connectivity index (χ1v) is 4.80. The number of hydrogen-bond acceptors (Lipinski definition) is 1. The highest BCUT2D eigenvalue weighted by molar-refractivity contribution is 5.75. The van der Waals surface area contributed by atoms with Gasteiger partial charge < -0.3 is 0 Å². The zero-order chi connectivity index (χ0) is 10.1. The maximum absolute atomic E-state index is 4.43. The van der Waals surface area contributed by atoms with E-state index in [1.54, 1.807) is 0 Å². The predicted octanol–water partition coefficient (Wildman–Crippen LogP) is 1.47. The lowest BCUT2D eigenvalue weighted by Gasteiger charge is -1.97. The van der Waals surface area contributed by atoms with Gasteiger partial charge >= 0.3 is 0 Å². The predicted molar refractivity (Wildman–Crippen MR) is 56.6 cm³/mol. The lowest BCUT2D eigenvalue weighted by molar-refractivity contribution is -0.603. The first kappa shape index (κ1) is 8.17. The van der Waals surface area contributed by atoms with Crippen LogP contribution in [0.25, 0.3) is 17.0 Å². The zero-order valence-corrected chi connectivity index (χ0v) is 8.04. The van der Waals surface area contributed by atoms with Crippen LogP contribution in [0, 0.1) is 0 Å². The Morgan fingerprint density at radius 2 is 1.73 bits per heavy atom. The molecule has 1 aromatic carbocycles. The number of rotatable bonds is 1. The average Bonchev–Trinajstić information content (AvgIpc) is 2.74. The third-order valence-electron chi connectivity index (χ3n) is 2.27. The molecule has 0 fully saturated rings. The molecule has 15 heavy (non-hydrogen) atoms. The molecule has 3 aromatic rings. The maximum Gasteiger partial charge on any atom is 0.234 e. The summed E-state index contributed by atoms with van der Waals surface area (Å²) >= 11 is 0. The van der Waals surface area contributed by atoms with Gasteiger partial charge in [-0.25, -0.2) is 9.97 Å². The third kappa shape index (κ3) is 1.38. The number of para-hydroxylation sites is 2. The van der Waals surface area contributed by atoms with Crippen molar-refractivity contribution in [3.63, 3.8) is 0 Å². The quantitative estimate of drug-likeness (QED) is 0.550. The van der Waals surface area contributed by atoms with Crippen LogP contribution in [0.5, 0.6) is 0 Å². The van der Waals surface area contributed by atoms with E-state index in [9.17, 15) is 0 Å². The van der Waals surface area contributed by atoms with Crippen molar-refractivity contribution in [3.8, 4) is 5.95 Å². The maximum atomic E-state index is 4.43. The van der Waals surface area contributed by atoms with Crippen molar-refractivity contribution in [2.24, 2.45) is 0 Å². The minimum absolute atomic E-state index is 0.719. The number of pyridine rings is 1. The van der Waals surface area contributed by atoms with Crippen molar-refractivity contribution in [1.82, 2.24) is 9.97 Å². The second kappa shape index (κ2) is 3.20. The molecule has 0 spiro atoms. The Balaban J connectivity index is 2.21. The van der Waals surface area contributed by atoms with Gasteiger partial charge in [0.05, 0.1) is 11.0 Å². The van der Waals surface area contributed by atoms with Gasteiger partial charge in [-0.15, -0.1) is 0 Å². The van der Waals surface area contributed by atoms with Gasteiger partial charge in [0.2, 0.25) is 5.95 Å². The zero-order valence-electron chi connectivity index (χ0n) is 8.04. The van der Waals surface area contributed by atoms with Gasteiger partial charge in [0, 0.05) is 12.4 Å². The van der Waals surface area contributed by atoms with Crippen molar-refractivity contribution >= 4 is 11.0 Å². The van der Waals surface area contributed by atoms with E-state index >= 15 is 0 Å². The van der Waals surface area contributed by atoms with Crippen LogP contribution in [0.4, 0.5) is 0 Å². The smallest absolute Gasteiger partial charge is 0.234 e. The fourth-order valence-electron chi connectivity index (χ4n) is 1.54. The topological polar surface area (TPSA) is 30.9 Å². The Hall–Kier alpha value is -2.16. The highest BCUT2D eigenvalue weighted by Gasteiger charge is 2.02. The normalized spacial score (nSPS) is 10.7. The van der Waals surface area contributed by atoms with Crippen LogP contribution < -0.4 is 9.55 Å². The van der Waals surface area contributed by atoms with Crippen molar-refractivity contribution in [2.45, 2.75) is 0 Å². The monoisotopic (exact) mass is 195 g/mol. The van der Waals surface area contributed by atoms with Gasteiger partial charge in [0.15, 0.2) is 0 Å². The second-order valence-corrected chi connectivity index (χ2v) is 3.30. The van der Waals surface area contributed by atoms with Crippen molar-refractivity contribution in [1.29, 1.82) is 0 Å². The summed E-state index contributed by atoms with van der Waals surface area (Å²) in [7, 11) is 0. The van der Waals surface area contributed by atoms with Crippen molar-refractivity contribution < 1.29 is 4.57 Å². The first-order valence-electron chi connectivity index (χ1n) is 4.80. The Bertz CT molecular complexity index is 551. The summed E-state index contributed by atoms with van der Waals surface area (Å²) in [6, 6.07) is 13.8. The summed E-state index contributed by atoms with van der Waals surface area (Å²) in [6.07, 6.45) is 3.88. The molecule has 0 aliphatic heterocycles. The molecule has 0 saturated carbocycles. The van der Waals surface area contributed by atoms with Crippen LogP contribution in [-0.2, 0) is 0 Å². The number of hydrogen-bond donors (Lipinski definition) is 0. The molecule has 2 heterocycles. The summed E-state index contributed by atoms with van der Waals surface area (Å²) in [6.45, 7) is 0. The molecule has 2 aromatic heterocycles. The van der Waals surface area contributed by atoms with E-state index in [4.69, 9.17) is 0 Å². The van der Waals surface area contributed by atoms with Gasteiger partial charge in [-0.05, 0) is 24.3 Å². The molecule has 0 unspecified atom stereocenters. The molecule has 3 nitrogen and oxygen atoms in total. The van der Waals surface area contributed by atoms with Gasteiger partial charge in [-0.3, -0.25) is 4.57 Å². The summed E-state index contributed by atoms with van der Waals surface area (Å²) in [5.74, 6) is 0.719. The van der Waals surface area contributed by atoms with Crippen LogP contribution in [0.2, 0.25) is 0 Å². The molecule has 0 aliphatic rings. The summed E-state index contributed by atoms with van der Waals surface area (Å²) in [4.78, 5) is 8.87. The number of fused-ring (bicyclic) bond motifs is 1. The Morgan fingerprint density at radius 3 is 2.53 bits per heavy atom. The van der Waals surface area contributed by atoms with Crippen molar-refractivity contribution in [3.05, 3.63) is 54.9 Å². The molecule has 0 aliphatic carbocycles. The first-order chi connectivity index (χ1) is 7.43. The van der Waals surface area contributed by atoms with Crippen LogP contribution >= 0.6 is 0 Å². The molecule has 0 atom stereocenters. The Kier molecular flexibility index (Phi) is 1.75. The second-order valence-electron chi connectivity index (χ2n) is 3.30. The van der Waals surface area contributed by atoms with Crippen LogP contribution in [-0.4, -0.2) is 4.98 Å². The van der Waals surface area contributed by atoms with E-state index in [1.807, 2.05) is 59.4 Å². The fraction of sp³-hybridized carbons (Fsp3) is 0. The average molecular weight is 195 g/mol. The van der Waals surface area contributed by atoms with E-state index in [-0.39, 0.29) is 0 Å². The molecule has 0 amide bonds. The molecule has 0 radical (unpaired) electrons. The van der Waals surface area contributed by atoms with E-state index in [2.05, 4.69) is 9.97 Å². The van der Waals surface area contributed by atoms with E-state index in [0.29, 0.717) is 0 Å². The minimum Gasteiger partial charge on any atom is -0.293 e. The summed E-state index contributed by atoms with van der Waals surface area (Å²) in [5.41, 5.74) is 1.87. The summed E-state index contributed by atoms with van der Waals surface area (Å²) in [5, 5.41) is 0. The molecule has 0 saturated heterocycles.